The third kappa shape index (κ3) is 4.01. The molecule has 5 heteroatoms. The Bertz CT molecular complexity index is 962. The average molecular weight is 371 g/mol. The van der Waals surface area contributed by atoms with Crippen molar-refractivity contribution in [1.29, 1.82) is 0 Å². The van der Waals surface area contributed by atoms with E-state index in [9.17, 15) is 0 Å². The summed E-state index contributed by atoms with van der Waals surface area (Å²) in [5, 5.41) is 0. The molecule has 4 rings (SSSR count). The van der Waals surface area contributed by atoms with E-state index in [1.54, 1.807) is 12.4 Å². The molecule has 2 saturated heterocycles. The highest BCUT2D eigenvalue weighted by molar-refractivity contribution is 5.52. The largest absolute Gasteiger partial charge is 0.351 e. The summed E-state index contributed by atoms with van der Waals surface area (Å²) in [6.07, 6.45) is 6.79. The van der Waals surface area contributed by atoms with Gasteiger partial charge in [0.15, 0.2) is 11.5 Å². The van der Waals surface area contributed by atoms with E-state index >= 15 is 0 Å². The fraction of sp³-hybridized carbons (Fsp3) is 0.435. The van der Waals surface area contributed by atoms with Crippen LogP contribution in [0.3, 0.4) is 0 Å². The van der Waals surface area contributed by atoms with Crippen LogP contribution in [0, 0.1) is 30.6 Å². The first-order valence-corrected chi connectivity index (χ1v) is 9.91. The quantitative estimate of drug-likeness (QED) is 0.760. The predicted octanol–water partition coefficient (Wildman–Crippen LogP) is 2.65. The van der Waals surface area contributed by atoms with Crippen molar-refractivity contribution in [3.63, 3.8) is 0 Å². The van der Waals surface area contributed by atoms with Crippen LogP contribution in [0.15, 0.2) is 30.6 Å². The van der Waals surface area contributed by atoms with Crippen LogP contribution in [0.1, 0.15) is 43.3 Å². The number of aryl methyl sites for hydroxylation is 1. The zero-order valence-electron chi connectivity index (χ0n) is 16.5. The van der Waals surface area contributed by atoms with Crippen LogP contribution in [-0.2, 0) is 0 Å². The molecule has 2 unspecified atom stereocenters. The summed E-state index contributed by atoms with van der Waals surface area (Å²) in [5.41, 5.74) is 2.66. The van der Waals surface area contributed by atoms with Gasteiger partial charge >= 0.3 is 0 Å². The number of anilines is 1. The molecule has 28 heavy (non-hydrogen) atoms. The monoisotopic (exact) mass is 371 g/mol. The normalized spacial score (nSPS) is 21.3. The summed E-state index contributed by atoms with van der Waals surface area (Å²) in [6, 6.07) is 7.10. The molecule has 0 spiro atoms. The lowest BCUT2D eigenvalue weighted by molar-refractivity contribution is 0.177. The van der Waals surface area contributed by atoms with Gasteiger partial charge in [-0.05, 0) is 50.7 Å². The SMILES string of the molecule is CC#Cc1nccnc1N1CCN2C(CC#Cc3cccc(C)n3)CCC2C1. The Morgan fingerprint density at radius 3 is 2.86 bits per heavy atom. The number of rotatable bonds is 2. The second-order valence-electron chi connectivity index (χ2n) is 7.34. The van der Waals surface area contributed by atoms with Gasteiger partial charge in [-0.1, -0.05) is 17.9 Å². The van der Waals surface area contributed by atoms with Crippen molar-refractivity contribution >= 4 is 5.82 Å². The lowest BCUT2D eigenvalue weighted by Gasteiger charge is -2.40. The van der Waals surface area contributed by atoms with E-state index in [2.05, 4.69) is 48.4 Å². The van der Waals surface area contributed by atoms with Gasteiger partial charge in [-0.3, -0.25) is 4.90 Å². The zero-order valence-corrected chi connectivity index (χ0v) is 16.5. The molecule has 4 heterocycles. The van der Waals surface area contributed by atoms with E-state index in [0.29, 0.717) is 12.1 Å². The molecule has 5 nitrogen and oxygen atoms in total. The Labute approximate surface area is 167 Å². The van der Waals surface area contributed by atoms with E-state index < -0.39 is 0 Å². The van der Waals surface area contributed by atoms with Crippen molar-refractivity contribution in [3.05, 3.63) is 47.7 Å². The van der Waals surface area contributed by atoms with Crippen LogP contribution in [0.25, 0.3) is 0 Å². The van der Waals surface area contributed by atoms with Gasteiger partial charge in [0.05, 0.1) is 0 Å². The number of hydrogen-bond donors (Lipinski definition) is 0. The maximum atomic E-state index is 4.56. The number of hydrogen-bond acceptors (Lipinski definition) is 5. The molecule has 0 amide bonds. The minimum atomic E-state index is 0.543. The van der Waals surface area contributed by atoms with Crippen LogP contribution in [0.2, 0.25) is 0 Å². The number of nitrogens with zero attached hydrogens (tertiary/aromatic N) is 5. The fourth-order valence-electron chi connectivity index (χ4n) is 4.21. The van der Waals surface area contributed by atoms with E-state index in [0.717, 1.165) is 49.0 Å². The van der Waals surface area contributed by atoms with Crippen LogP contribution < -0.4 is 4.90 Å². The van der Waals surface area contributed by atoms with Gasteiger partial charge in [-0.15, -0.1) is 0 Å². The van der Waals surface area contributed by atoms with Gasteiger partial charge in [0.1, 0.15) is 5.69 Å². The molecule has 0 saturated carbocycles. The summed E-state index contributed by atoms with van der Waals surface area (Å²) in [5.74, 6) is 13.6. The molecule has 0 N–H and O–H groups in total. The fourth-order valence-corrected chi connectivity index (χ4v) is 4.21. The average Bonchev–Trinajstić information content (AvgIpc) is 3.11. The zero-order chi connectivity index (χ0) is 19.3. The molecule has 0 aliphatic carbocycles. The van der Waals surface area contributed by atoms with Crippen molar-refractivity contribution in [1.82, 2.24) is 19.9 Å². The van der Waals surface area contributed by atoms with Crippen LogP contribution >= 0.6 is 0 Å². The number of aromatic nitrogens is 3. The Balaban J connectivity index is 1.40. The highest BCUT2D eigenvalue weighted by Crippen LogP contribution is 2.31. The number of pyridine rings is 1. The first kappa shape index (κ1) is 18.5. The molecule has 2 aromatic heterocycles. The minimum absolute atomic E-state index is 0.543. The molecule has 2 atom stereocenters. The van der Waals surface area contributed by atoms with E-state index in [1.807, 2.05) is 32.0 Å². The van der Waals surface area contributed by atoms with E-state index in [4.69, 9.17) is 0 Å². The Hall–Kier alpha value is -2.89. The lowest BCUT2D eigenvalue weighted by Crippen LogP contribution is -2.53. The third-order valence-electron chi connectivity index (χ3n) is 5.49. The molecule has 0 radical (unpaired) electrons. The molecular weight excluding hydrogens is 346 g/mol. The second-order valence-corrected chi connectivity index (χ2v) is 7.34. The van der Waals surface area contributed by atoms with Crippen molar-refractivity contribution in [2.24, 2.45) is 0 Å². The van der Waals surface area contributed by atoms with Crippen LogP contribution in [0.5, 0.6) is 0 Å². The standard InChI is InChI=1S/C23H25N5/c1-3-6-22-23(25-14-13-24-22)27-15-16-28-20(11-12-21(28)17-27)10-5-9-19-8-4-7-18(2)26-19/h4,7-8,13-14,20-21H,10-12,15-17H2,1-2H3. The summed E-state index contributed by atoms with van der Waals surface area (Å²) in [7, 11) is 0. The van der Waals surface area contributed by atoms with Gasteiger partial charge in [0, 0.05) is 56.2 Å². The number of fused-ring (bicyclic) bond motifs is 1. The van der Waals surface area contributed by atoms with Gasteiger partial charge < -0.3 is 4.90 Å². The highest BCUT2D eigenvalue weighted by Gasteiger charge is 2.37. The first-order chi connectivity index (χ1) is 13.7. The maximum absolute atomic E-state index is 4.56. The molecule has 142 valence electrons. The van der Waals surface area contributed by atoms with Gasteiger partial charge in [0.25, 0.3) is 0 Å². The van der Waals surface area contributed by atoms with Gasteiger partial charge in [-0.25, -0.2) is 15.0 Å². The first-order valence-electron chi connectivity index (χ1n) is 9.91. The lowest BCUT2D eigenvalue weighted by atomic mass is 10.1. The Kier molecular flexibility index (Phi) is 5.55. The predicted molar refractivity (Wildman–Crippen MR) is 111 cm³/mol. The molecule has 2 aromatic rings. The van der Waals surface area contributed by atoms with Gasteiger partial charge in [-0.2, -0.15) is 0 Å². The maximum Gasteiger partial charge on any atom is 0.163 e. The Morgan fingerprint density at radius 1 is 1.11 bits per heavy atom. The van der Waals surface area contributed by atoms with Crippen molar-refractivity contribution in [2.45, 2.75) is 45.2 Å². The summed E-state index contributed by atoms with van der Waals surface area (Å²) in [4.78, 5) is 18.4. The van der Waals surface area contributed by atoms with E-state index in [-0.39, 0.29) is 0 Å². The summed E-state index contributed by atoms with van der Waals surface area (Å²) >= 11 is 0. The van der Waals surface area contributed by atoms with E-state index in [1.165, 1.54) is 12.8 Å². The van der Waals surface area contributed by atoms with Crippen molar-refractivity contribution in [2.75, 3.05) is 24.5 Å². The molecule has 2 aliphatic heterocycles. The molecule has 2 fully saturated rings. The second kappa shape index (κ2) is 8.42. The molecular formula is C23H25N5. The summed E-state index contributed by atoms with van der Waals surface area (Å²) < 4.78 is 0. The smallest absolute Gasteiger partial charge is 0.163 e. The van der Waals surface area contributed by atoms with Crippen LogP contribution in [0.4, 0.5) is 5.82 Å². The minimum Gasteiger partial charge on any atom is -0.351 e. The van der Waals surface area contributed by atoms with Crippen molar-refractivity contribution in [3.8, 4) is 23.7 Å². The topological polar surface area (TPSA) is 45.2 Å². The van der Waals surface area contributed by atoms with Crippen LogP contribution in [-0.4, -0.2) is 51.6 Å². The van der Waals surface area contributed by atoms with Gasteiger partial charge in [0.2, 0.25) is 0 Å². The number of piperazine rings is 1. The summed E-state index contributed by atoms with van der Waals surface area (Å²) in [6.45, 7) is 6.82. The molecule has 0 bridgehead atoms. The Morgan fingerprint density at radius 2 is 2.00 bits per heavy atom. The molecule has 2 aliphatic rings. The highest BCUT2D eigenvalue weighted by atomic mass is 15.3. The molecule has 0 aromatic carbocycles. The third-order valence-corrected chi connectivity index (χ3v) is 5.49. The van der Waals surface area contributed by atoms with Crippen molar-refractivity contribution < 1.29 is 0 Å².